The predicted octanol–water partition coefficient (Wildman–Crippen LogP) is 0.855. The van der Waals surface area contributed by atoms with Crippen LogP contribution in [0.3, 0.4) is 0 Å². The van der Waals surface area contributed by atoms with Gasteiger partial charge in [-0.1, -0.05) is 0 Å². The summed E-state index contributed by atoms with van der Waals surface area (Å²) >= 11 is 0. The van der Waals surface area contributed by atoms with Crippen molar-refractivity contribution >= 4 is 41.2 Å². The van der Waals surface area contributed by atoms with Crippen molar-refractivity contribution in [3.05, 3.63) is 35.2 Å². The van der Waals surface area contributed by atoms with Crippen molar-refractivity contribution in [1.82, 2.24) is 15.6 Å². The number of dihydropyridines is 1. The highest BCUT2D eigenvalue weighted by Crippen LogP contribution is 2.15. The van der Waals surface area contributed by atoms with Crippen LogP contribution in [0.5, 0.6) is 0 Å². The number of nitrogens with zero attached hydrogens (tertiary/aromatic N) is 2. The van der Waals surface area contributed by atoms with E-state index in [9.17, 15) is 28.7 Å². The number of carbonyl (C=O) groups excluding carboxylic acids is 4. The number of urea groups is 1. The Hall–Kier alpha value is -4.56. The fraction of sp³-hybridized carbons (Fsp3) is 0.381. The largest absolute Gasteiger partial charge is 0.510 e. The van der Waals surface area contributed by atoms with E-state index in [-0.39, 0.29) is 55.5 Å². The Morgan fingerprint density at radius 2 is 1.92 bits per heavy atom. The first-order chi connectivity index (χ1) is 17.0. The van der Waals surface area contributed by atoms with Crippen LogP contribution in [0.4, 0.5) is 14.9 Å². The summed E-state index contributed by atoms with van der Waals surface area (Å²) in [6, 6.07) is -1.40. The van der Waals surface area contributed by atoms with E-state index in [1.165, 1.54) is 0 Å². The zero-order valence-corrected chi connectivity index (χ0v) is 19.5. The normalized spacial score (nSPS) is 13.9. The standard InChI is InChI=1S/C21H26FN7O7/c1-3-35-15(31)6-5-12(20(33)36-4-2)27-19(32)16-11(22)7-10(9-25-16)26-21(34)29-17-13(30)8-14(23)28-18(17)24/h7,9,12,30H,3-6,8H2,1-2H3,(H,27,32)(H3,23,24,28)(H2,26,29,34)/t12-/m0/s1. The molecule has 1 aliphatic heterocycles. The second-order valence-corrected chi connectivity index (χ2v) is 7.21. The van der Waals surface area contributed by atoms with E-state index in [2.05, 4.69) is 25.9 Å². The van der Waals surface area contributed by atoms with Gasteiger partial charge in [0.2, 0.25) is 0 Å². The fourth-order valence-corrected chi connectivity index (χ4v) is 2.93. The molecule has 14 nitrogen and oxygen atoms in total. The molecule has 1 aromatic heterocycles. The van der Waals surface area contributed by atoms with Crippen molar-refractivity contribution in [3.63, 3.8) is 0 Å². The number of aromatic nitrogens is 1. The number of anilines is 1. The zero-order chi connectivity index (χ0) is 26.8. The number of carbonyl (C=O) groups is 4. The highest BCUT2D eigenvalue weighted by Gasteiger charge is 2.26. The average Bonchev–Trinajstić information content (AvgIpc) is 2.79. The number of aliphatic hydroxyl groups excluding tert-OH is 1. The third kappa shape index (κ3) is 7.75. The van der Waals surface area contributed by atoms with Gasteiger partial charge in [0.25, 0.3) is 5.91 Å². The number of amides is 3. The molecule has 0 aromatic carbocycles. The summed E-state index contributed by atoms with van der Waals surface area (Å²) in [7, 11) is 0. The summed E-state index contributed by atoms with van der Waals surface area (Å²) in [5.41, 5.74) is 4.34. The number of pyridine rings is 1. The second-order valence-electron chi connectivity index (χ2n) is 7.21. The number of amidine groups is 2. The second kappa shape index (κ2) is 12.8. The van der Waals surface area contributed by atoms with Crippen LogP contribution in [0, 0.1) is 11.2 Å². The van der Waals surface area contributed by atoms with Gasteiger partial charge >= 0.3 is 18.0 Å². The first kappa shape index (κ1) is 27.7. The molecule has 1 aromatic rings. The molecule has 0 radical (unpaired) electrons. The smallest absolute Gasteiger partial charge is 0.328 e. The predicted molar refractivity (Wildman–Crippen MR) is 124 cm³/mol. The van der Waals surface area contributed by atoms with Crippen LogP contribution in [0.25, 0.3) is 0 Å². The molecule has 0 unspecified atom stereocenters. The van der Waals surface area contributed by atoms with E-state index >= 15 is 0 Å². The highest BCUT2D eigenvalue weighted by atomic mass is 19.1. The average molecular weight is 507 g/mol. The van der Waals surface area contributed by atoms with Crippen LogP contribution in [0.15, 0.2) is 28.7 Å². The first-order valence-electron chi connectivity index (χ1n) is 10.8. The lowest BCUT2D eigenvalue weighted by molar-refractivity contribution is -0.146. The molecule has 194 valence electrons. The van der Waals surface area contributed by atoms with Crippen LogP contribution in [-0.2, 0) is 19.1 Å². The van der Waals surface area contributed by atoms with Crippen molar-refractivity contribution in [2.24, 2.45) is 10.7 Å². The van der Waals surface area contributed by atoms with Gasteiger partial charge in [0, 0.05) is 12.5 Å². The van der Waals surface area contributed by atoms with E-state index in [1.807, 2.05) is 0 Å². The number of aliphatic imine (C=N–C) groups is 1. The van der Waals surface area contributed by atoms with Gasteiger partial charge in [-0.2, -0.15) is 0 Å². The van der Waals surface area contributed by atoms with Gasteiger partial charge in [0.1, 0.15) is 23.3 Å². The van der Waals surface area contributed by atoms with E-state index in [0.717, 1.165) is 12.3 Å². The van der Waals surface area contributed by atoms with Crippen LogP contribution in [-0.4, -0.2) is 64.9 Å². The van der Waals surface area contributed by atoms with Gasteiger partial charge in [0.15, 0.2) is 17.3 Å². The molecule has 15 heteroatoms. The van der Waals surface area contributed by atoms with Crippen molar-refractivity contribution in [1.29, 1.82) is 5.41 Å². The molecule has 0 aliphatic carbocycles. The van der Waals surface area contributed by atoms with E-state index in [0.29, 0.717) is 0 Å². The van der Waals surface area contributed by atoms with Crippen LogP contribution in [0.1, 0.15) is 43.6 Å². The van der Waals surface area contributed by atoms with E-state index in [4.69, 9.17) is 20.6 Å². The SMILES string of the molecule is CCOC(=O)CC[C@H](NC(=O)c1ncc(NC(=O)NC2=C(O)CC(N)=NC2=N)cc1F)C(=O)OCC. The summed E-state index contributed by atoms with van der Waals surface area (Å²) in [5.74, 6) is -4.42. The topological polar surface area (TPSA) is 218 Å². The monoisotopic (exact) mass is 507 g/mol. The first-order valence-corrected chi connectivity index (χ1v) is 10.8. The quantitative estimate of drug-likeness (QED) is 0.247. The minimum absolute atomic E-state index is 0.00492. The maximum Gasteiger partial charge on any atom is 0.328 e. The third-order valence-corrected chi connectivity index (χ3v) is 4.50. The number of rotatable bonds is 10. The molecular weight excluding hydrogens is 481 g/mol. The molecule has 36 heavy (non-hydrogen) atoms. The molecule has 1 aliphatic rings. The van der Waals surface area contributed by atoms with Crippen molar-refractivity contribution in [2.75, 3.05) is 18.5 Å². The summed E-state index contributed by atoms with van der Waals surface area (Å²) in [6.45, 7) is 3.34. The molecule has 0 spiro atoms. The molecule has 2 rings (SSSR count). The molecule has 0 fully saturated rings. The minimum atomic E-state index is -1.25. The number of halogens is 1. The van der Waals surface area contributed by atoms with Crippen LogP contribution in [0.2, 0.25) is 0 Å². The van der Waals surface area contributed by atoms with Gasteiger partial charge < -0.3 is 36.3 Å². The van der Waals surface area contributed by atoms with E-state index < -0.39 is 47.3 Å². The molecule has 3 amide bonds. The molecule has 2 heterocycles. The summed E-state index contributed by atoms with van der Waals surface area (Å²) < 4.78 is 24.3. The lowest BCUT2D eigenvalue weighted by atomic mass is 10.1. The summed E-state index contributed by atoms with van der Waals surface area (Å²) in [5, 5.41) is 24.3. The third-order valence-electron chi connectivity index (χ3n) is 4.50. The molecule has 1 atom stereocenters. The van der Waals surface area contributed by atoms with Crippen molar-refractivity contribution < 1.29 is 38.1 Å². The Labute approximate surface area is 204 Å². The lowest BCUT2D eigenvalue weighted by Gasteiger charge is -2.17. The van der Waals surface area contributed by atoms with Gasteiger partial charge in [-0.25, -0.2) is 24.0 Å². The molecule has 0 bridgehead atoms. The molecule has 0 saturated carbocycles. The molecule has 7 N–H and O–H groups in total. The Bertz CT molecular complexity index is 1120. The van der Waals surface area contributed by atoms with E-state index in [1.54, 1.807) is 13.8 Å². The number of ether oxygens (including phenoxy) is 2. The Balaban J connectivity index is 2.06. The lowest BCUT2D eigenvalue weighted by Crippen LogP contribution is -2.43. The number of esters is 2. The fourth-order valence-electron chi connectivity index (χ4n) is 2.93. The van der Waals surface area contributed by atoms with Gasteiger partial charge in [-0.15, -0.1) is 0 Å². The number of nitrogens with two attached hydrogens (primary N) is 1. The maximum atomic E-state index is 14.6. The maximum absolute atomic E-state index is 14.6. The van der Waals surface area contributed by atoms with Gasteiger partial charge in [-0.3, -0.25) is 15.0 Å². The Kier molecular flexibility index (Phi) is 9.83. The number of aliphatic hydroxyl groups is 1. The van der Waals surface area contributed by atoms with Gasteiger partial charge in [-0.05, 0) is 20.3 Å². The summed E-state index contributed by atoms with van der Waals surface area (Å²) in [4.78, 5) is 55.8. The van der Waals surface area contributed by atoms with Crippen molar-refractivity contribution in [2.45, 2.75) is 39.2 Å². The zero-order valence-electron chi connectivity index (χ0n) is 19.5. The highest BCUT2D eigenvalue weighted by molar-refractivity contribution is 6.10. The molecular formula is C21H26FN7O7. The number of hydrogen-bond donors (Lipinski definition) is 6. The molecule has 0 saturated heterocycles. The van der Waals surface area contributed by atoms with Crippen molar-refractivity contribution in [3.8, 4) is 0 Å². The van der Waals surface area contributed by atoms with Gasteiger partial charge in [0.05, 0.1) is 31.5 Å². The van der Waals surface area contributed by atoms with Crippen LogP contribution < -0.4 is 21.7 Å². The minimum Gasteiger partial charge on any atom is -0.510 e. The number of hydrogen-bond acceptors (Lipinski definition) is 10. The Morgan fingerprint density at radius 3 is 2.53 bits per heavy atom. The van der Waals surface area contributed by atoms with Crippen LogP contribution >= 0.6 is 0 Å². The summed E-state index contributed by atoms with van der Waals surface area (Å²) in [6.07, 6.45) is 0.488. The number of nitrogens with one attached hydrogen (secondary N) is 4. The Morgan fingerprint density at radius 1 is 1.22 bits per heavy atom.